The van der Waals surface area contributed by atoms with E-state index >= 15 is 0 Å². The third-order valence-electron chi connectivity index (χ3n) is 5.60. The van der Waals surface area contributed by atoms with Crippen LogP contribution in [0.3, 0.4) is 0 Å². The maximum Gasteiger partial charge on any atom is 0.224 e. The summed E-state index contributed by atoms with van der Waals surface area (Å²) in [5.41, 5.74) is 2.42. The molecule has 2 aliphatic rings. The van der Waals surface area contributed by atoms with Gasteiger partial charge in [0.15, 0.2) is 0 Å². The van der Waals surface area contributed by atoms with Gasteiger partial charge in [0.1, 0.15) is 5.75 Å². The molecule has 5 nitrogen and oxygen atoms in total. The zero-order valence-electron chi connectivity index (χ0n) is 15.3. The summed E-state index contributed by atoms with van der Waals surface area (Å²) in [5.74, 6) is 0.863. The largest absolute Gasteiger partial charge is 0.497 e. The molecule has 0 aromatic heterocycles. The lowest BCUT2D eigenvalue weighted by Gasteiger charge is -2.42. The molecular weight excluding hydrogens is 318 g/mol. The van der Waals surface area contributed by atoms with Crippen LogP contribution in [-0.2, 0) is 20.7 Å². The fourth-order valence-electron chi connectivity index (χ4n) is 3.73. The molecule has 5 heteroatoms. The molecule has 0 bridgehead atoms. The van der Waals surface area contributed by atoms with Gasteiger partial charge in [-0.1, -0.05) is 6.07 Å². The number of hydrogen-bond donors (Lipinski definition) is 1. The van der Waals surface area contributed by atoms with Crippen LogP contribution < -0.4 is 10.1 Å². The second-order valence-corrected chi connectivity index (χ2v) is 7.36. The minimum atomic E-state index is 0.0446. The van der Waals surface area contributed by atoms with Crippen LogP contribution in [0.4, 0.5) is 0 Å². The van der Waals surface area contributed by atoms with Gasteiger partial charge in [-0.05, 0) is 61.3 Å². The van der Waals surface area contributed by atoms with Crippen LogP contribution in [-0.4, -0.2) is 45.5 Å². The fraction of sp³-hybridized carbons (Fsp3) is 0.650. The molecule has 1 spiro atoms. The van der Waals surface area contributed by atoms with Crippen LogP contribution in [0.25, 0.3) is 0 Å². The second kappa shape index (κ2) is 8.19. The van der Waals surface area contributed by atoms with E-state index in [1.165, 1.54) is 6.42 Å². The minimum Gasteiger partial charge on any atom is -0.497 e. The molecule has 2 fully saturated rings. The highest BCUT2D eigenvalue weighted by Crippen LogP contribution is 2.39. The highest BCUT2D eigenvalue weighted by atomic mass is 16.5. The van der Waals surface area contributed by atoms with Gasteiger partial charge < -0.3 is 19.5 Å². The van der Waals surface area contributed by atoms with E-state index in [0.717, 1.165) is 56.0 Å². The average Bonchev–Trinajstić information content (AvgIpc) is 2.64. The Balaban J connectivity index is 1.42. The van der Waals surface area contributed by atoms with Crippen molar-refractivity contribution in [3.05, 3.63) is 29.3 Å². The smallest absolute Gasteiger partial charge is 0.224 e. The van der Waals surface area contributed by atoms with E-state index in [0.29, 0.717) is 18.4 Å². The number of rotatable bonds is 5. The summed E-state index contributed by atoms with van der Waals surface area (Å²) in [7, 11) is 1.65. The van der Waals surface area contributed by atoms with E-state index in [1.54, 1.807) is 7.11 Å². The second-order valence-electron chi connectivity index (χ2n) is 7.36. The van der Waals surface area contributed by atoms with Crippen molar-refractivity contribution in [1.29, 1.82) is 0 Å². The van der Waals surface area contributed by atoms with Crippen LogP contribution >= 0.6 is 0 Å². The molecule has 1 amide bonds. The van der Waals surface area contributed by atoms with Crippen molar-refractivity contribution in [2.24, 2.45) is 5.41 Å². The first-order valence-electron chi connectivity index (χ1n) is 9.20. The average molecular weight is 347 g/mol. The summed E-state index contributed by atoms with van der Waals surface area (Å²) in [6, 6.07) is 5.81. The lowest BCUT2D eigenvalue weighted by molar-refractivity contribution is -0.124. The molecule has 2 heterocycles. The zero-order valence-corrected chi connectivity index (χ0v) is 15.3. The topological polar surface area (TPSA) is 56.8 Å². The zero-order chi connectivity index (χ0) is 17.7. The molecule has 0 aliphatic carbocycles. The van der Waals surface area contributed by atoms with Crippen LogP contribution in [0.5, 0.6) is 5.75 Å². The summed E-state index contributed by atoms with van der Waals surface area (Å²) in [5, 5.41) is 3.03. The summed E-state index contributed by atoms with van der Waals surface area (Å²) in [6.07, 6.45) is 4.92. The lowest BCUT2D eigenvalue weighted by Crippen LogP contribution is -2.44. The van der Waals surface area contributed by atoms with Gasteiger partial charge in [-0.3, -0.25) is 4.79 Å². The van der Waals surface area contributed by atoms with Crippen LogP contribution in [0.1, 0.15) is 36.8 Å². The van der Waals surface area contributed by atoms with Gasteiger partial charge in [-0.15, -0.1) is 0 Å². The maximum absolute atomic E-state index is 12.2. The molecule has 2 aliphatic heterocycles. The summed E-state index contributed by atoms with van der Waals surface area (Å²) < 4.78 is 16.7. The van der Waals surface area contributed by atoms with Crippen molar-refractivity contribution in [3.63, 3.8) is 0 Å². The van der Waals surface area contributed by atoms with E-state index in [9.17, 15) is 4.79 Å². The van der Waals surface area contributed by atoms with E-state index in [2.05, 4.69) is 5.32 Å². The normalized spacial score (nSPS) is 22.6. The molecule has 0 unspecified atom stereocenters. The monoisotopic (exact) mass is 347 g/mol. The molecule has 25 heavy (non-hydrogen) atoms. The predicted molar refractivity (Wildman–Crippen MR) is 95.9 cm³/mol. The van der Waals surface area contributed by atoms with E-state index in [1.807, 2.05) is 25.1 Å². The highest BCUT2D eigenvalue weighted by Gasteiger charge is 2.37. The number of nitrogens with one attached hydrogen (secondary N) is 1. The van der Waals surface area contributed by atoms with Crippen molar-refractivity contribution in [2.75, 3.05) is 33.5 Å². The Bertz CT molecular complexity index is 585. The molecule has 138 valence electrons. The fourth-order valence-corrected chi connectivity index (χ4v) is 3.73. The molecule has 3 rings (SSSR count). The molecule has 1 atom stereocenters. The van der Waals surface area contributed by atoms with Crippen molar-refractivity contribution in [2.45, 2.75) is 45.1 Å². The maximum atomic E-state index is 12.2. The number of methoxy groups -OCH3 is 1. The highest BCUT2D eigenvalue weighted by molar-refractivity contribution is 5.79. The summed E-state index contributed by atoms with van der Waals surface area (Å²) in [6.45, 7) is 5.11. The van der Waals surface area contributed by atoms with Crippen molar-refractivity contribution >= 4 is 5.91 Å². The number of carbonyl (C=O) groups is 1. The Kier molecular flexibility index (Phi) is 5.97. The van der Waals surface area contributed by atoms with E-state index < -0.39 is 0 Å². The number of amides is 1. The van der Waals surface area contributed by atoms with Gasteiger partial charge in [0.2, 0.25) is 5.91 Å². The SMILES string of the molecule is COc1ccc(CC(=O)NC[C@H]2CCC3(CCOCC3)CO2)c(C)c1. The first-order valence-corrected chi connectivity index (χ1v) is 9.20. The first kappa shape index (κ1) is 18.2. The standard InChI is InChI=1S/C20H29NO4/c1-15-11-17(23-2)4-3-16(15)12-19(22)21-13-18-5-6-20(14-25-18)7-9-24-10-8-20/h3-4,11,18H,5-10,12-14H2,1-2H3,(H,21,22)/t18-/m1/s1. The van der Waals surface area contributed by atoms with Gasteiger partial charge >= 0.3 is 0 Å². The summed E-state index contributed by atoms with van der Waals surface area (Å²) >= 11 is 0. The van der Waals surface area contributed by atoms with Crippen LogP contribution in [0.15, 0.2) is 18.2 Å². The van der Waals surface area contributed by atoms with Gasteiger partial charge in [0.05, 0.1) is 26.2 Å². The first-order chi connectivity index (χ1) is 12.1. The van der Waals surface area contributed by atoms with Gasteiger partial charge in [0, 0.05) is 19.8 Å². The van der Waals surface area contributed by atoms with Crippen LogP contribution in [0.2, 0.25) is 0 Å². The number of ether oxygens (including phenoxy) is 3. The summed E-state index contributed by atoms with van der Waals surface area (Å²) in [4.78, 5) is 12.2. The Morgan fingerprint density at radius 2 is 2.12 bits per heavy atom. The quantitative estimate of drug-likeness (QED) is 0.890. The predicted octanol–water partition coefficient (Wildman–Crippen LogP) is 2.64. The van der Waals surface area contributed by atoms with E-state index in [-0.39, 0.29) is 12.0 Å². The third-order valence-corrected chi connectivity index (χ3v) is 5.60. The minimum absolute atomic E-state index is 0.0446. The number of carbonyl (C=O) groups excluding carboxylic acids is 1. The van der Waals surface area contributed by atoms with Crippen molar-refractivity contribution < 1.29 is 19.0 Å². The number of aryl methyl sites for hydroxylation is 1. The molecule has 1 aromatic carbocycles. The molecule has 0 radical (unpaired) electrons. The Labute approximate surface area is 150 Å². The van der Waals surface area contributed by atoms with Crippen molar-refractivity contribution in [3.8, 4) is 5.75 Å². The van der Waals surface area contributed by atoms with Gasteiger partial charge in [0.25, 0.3) is 0 Å². The Morgan fingerprint density at radius 1 is 1.32 bits per heavy atom. The molecule has 1 aromatic rings. The lowest BCUT2D eigenvalue weighted by atomic mass is 9.75. The molecule has 1 N–H and O–H groups in total. The van der Waals surface area contributed by atoms with Gasteiger partial charge in [-0.25, -0.2) is 0 Å². The Hall–Kier alpha value is -1.59. The molecular formula is C20H29NO4. The van der Waals surface area contributed by atoms with Crippen molar-refractivity contribution in [1.82, 2.24) is 5.32 Å². The molecule has 0 saturated carbocycles. The number of benzene rings is 1. The molecule has 2 saturated heterocycles. The third kappa shape index (κ3) is 4.73. The Morgan fingerprint density at radius 3 is 2.76 bits per heavy atom. The van der Waals surface area contributed by atoms with Gasteiger partial charge in [-0.2, -0.15) is 0 Å². The van der Waals surface area contributed by atoms with Crippen LogP contribution in [0, 0.1) is 12.3 Å². The number of hydrogen-bond acceptors (Lipinski definition) is 4. The van der Waals surface area contributed by atoms with E-state index in [4.69, 9.17) is 14.2 Å².